The second-order valence-electron chi connectivity index (χ2n) is 6.59. The topological polar surface area (TPSA) is 3.24 Å². The summed E-state index contributed by atoms with van der Waals surface area (Å²) in [5.41, 5.74) is 4.22. The molecule has 1 saturated heterocycles. The zero-order valence-electron chi connectivity index (χ0n) is 13.9. The highest BCUT2D eigenvalue weighted by Gasteiger charge is 2.35. The number of likely N-dealkylation sites (tertiary alicyclic amines) is 1. The van der Waals surface area contributed by atoms with Crippen LogP contribution in [-0.4, -0.2) is 17.5 Å². The van der Waals surface area contributed by atoms with E-state index >= 15 is 0 Å². The van der Waals surface area contributed by atoms with Crippen LogP contribution in [0.1, 0.15) is 29.2 Å². The summed E-state index contributed by atoms with van der Waals surface area (Å²) in [6, 6.07) is 33.7. The molecule has 0 saturated carbocycles. The van der Waals surface area contributed by atoms with Gasteiger partial charge < -0.3 is 0 Å². The molecule has 0 radical (unpaired) electrons. The molecule has 120 valence electrons. The van der Waals surface area contributed by atoms with Gasteiger partial charge in [-0.2, -0.15) is 0 Å². The average molecular weight is 313 g/mol. The zero-order valence-corrected chi connectivity index (χ0v) is 13.9. The third-order valence-electron chi connectivity index (χ3n) is 5.07. The van der Waals surface area contributed by atoms with Crippen LogP contribution >= 0.6 is 0 Å². The Morgan fingerprint density at radius 3 is 1.67 bits per heavy atom. The van der Waals surface area contributed by atoms with Gasteiger partial charge in [-0.25, -0.2) is 0 Å². The molecule has 0 amide bonds. The van der Waals surface area contributed by atoms with Crippen molar-refractivity contribution in [2.75, 3.05) is 6.54 Å². The minimum absolute atomic E-state index is 0.356. The Morgan fingerprint density at radius 2 is 1.21 bits per heavy atom. The first kappa shape index (κ1) is 15.2. The number of rotatable bonds is 5. The number of benzene rings is 3. The lowest BCUT2D eigenvalue weighted by Crippen LogP contribution is -2.50. The summed E-state index contributed by atoms with van der Waals surface area (Å²) in [5.74, 6) is 0. The summed E-state index contributed by atoms with van der Waals surface area (Å²) in [6.45, 7) is 1.17. The van der Waals surface area contributed by atoms with Crippen molar-refractivity contribution in [2.24, 2.45) is 0 Å². The minimum atomic E-state index is 0.356. The van der Waals surface area contributed by atoms with E-state index in [2.05, 4.69) is 95.9 Å². The molecule has 1 heteroatoms. The number of nitrogens with zero attached hydrogens (tertiary/aromatic N) is 1. The van der Waals surface area contributed by atoms with Gasteiger partial charge in [0.1, 0.15) is 0 Å². The van der Waals surface area contributed by atoms with Crippen molar-refractivity contribution in [3.05, 3.63) is 108 Å². The first-order valence-corrected chi connectivity index (χ1v) is 8.81. The van der Waals surface area contributed by atoms with E-state index in [-0.39, 0.29) is 0 Å². The molecule has 3 aromatic rings. The van der Waals surface area contributed by atoms with E-state index in [0.717, 1.165) is 6.42 Å². The van der Waals surface area contributed by atoms with Crippen LogP contribution in [0.3, 0.4) is 0 Å². The molecule has 1 unspecified atom stereocenters. The van der Waals surface area contributed by atoms with Gasteiger partial charge in [0.15, 0.2) is 0 Å². The Bertz CT molecular complexity index is 712. The van der Waals surface area contributed by atoms with E-state index in [0.29, 0.717) is 12.1 Å². The van der Waals surface area contributed by atoms with Crippen molar-refractivity contribution in [3.63, 3.8) is 0 Å². The fraction of sp³-hybridized carbons (Fsp3) is 0.217. The maximum absolute atomic E-state index is 2.66. The predicted octanol–water partition coefficient (Wildman–Crippen LogP) is 5.09. The van der Waals surface area contributed by atoms with Crippen LogP contribution in [0.15, 0.2) is 91.0 Å². The molecule has 1 atom stereocenters. The maximum Gasteiger partial charge on any atom is 0.0604 e. The normalized spacial score (nSPS) is 17.6. The summed E-state index contributed by atoms with van der Waals surface area (Å²) >= 11 is 0. The van der Waals surface area contributed by atoms with E-state index in [9.17, 15) is 0 Å². The first-order chi connectivity index (χ1) is 11.9. The molecule has 1 aliphatic rings. The van der Waals surface area contributed by atoms with Gasteiger partial charge in [-0.15, -0.1) is 0 Å². The van der Waals surface area contributed by atoms with E-state index in [1.165, 1.54) is 29.7 Å². The maximum atomic E-state index is 2.66. The smallest absolute Gasteiger partial charge is 0.0604 e. The summed E-state index contributed by atoms with van der Waals surface area (Å²) in [6.07, 6.45) is 2.42. The molecule has 1 fully saturated rings. The quantitative estimate of drug-likeness (QED) is 0.634. The molecule has 1 heterocycles. The van der Waals surface area contributed by atoms with Gasteiger partial charge >= 0.3 is 0 Å². The number of hydrogen-bond acceptors (Lipinski definition) is 1. The standard InChI is InChI=1S/C23H23N/c1-4-10-19(11-5-1)18-22-16-17-24(22)23(20-12-6-2-7-13-20)21-14-8-3-9-15-21/h1-15,22-23H,16-18H2. The van der Waals surface area contributed by atoms with E-state index in [1.54, 1.807) is 0 Å². The van der Waals surface area contributed by atoms with Crippen LogP contribution in [0.25, 0.3) is 0 Å². The van der Waals surface area contributed by atoms with E-state index < -0.39 is 0 Å². The molecule has 3 aromatic carbocycles. The summed E-state index contributed by atoms with van der Waals surface area (Å²) in [7, 11) is 0. The minimum Gasteiger partial charge on any atom is -0.289 e. The lowest BCUT2D eigenvalue weighted by Gasteiger charge is -2.47. The third kappa shape index (κ3) is 3.13. The fourth-order valence-electron chi connectivity index (χ4n) is 3.75. The van der Waals surface area contributed by atoms with Crippen LogP contribution in [0, 0.1) is 0 Å². The highest BCUT2D eigenvalue weighted by Crippen LogP contribution is 2.36. The van der Waals surface area contributed by atoms with Crippen molar-refractivity contribution >= 4 is 0 Å². The molecule has 0 N–H and O–H groups in total. The Balaban J connectivity index is 1.62. The van der Waals surface area contributed by atoms with Gasteiger partial charge in [-0.3, -0.25) is 4.90 Å². The van der Waals surface area contributed by atoms with Crippen molar-refractivity contribution in [1.29, 1.82) is 0 Å². The van der Waals surface area contributed by atoms with Gasteiger partial charge in [0.05, 0.1) is 6.04 Å². The Labute approximate surface area is 144 Å². The van der Waals surface area contributed by atoms with Crippen LogP contribution < -0.4 is 0 Å². The molecule has 24 heavy (non-hydrogen) atoms. The lowest BCUT2D eigenvalue weighted by atomic mass is 9.88. The van der Waals surface area contributed by atoms with Gasteiger partial charge in [0.25, 0.3) is 0 Å². The lowest BCUT2D eigenvalue weighted by molar-refractivity contribution is 0.0575. The largest absolute Gasteiger partial charge is 0.289 e. The molecular formula is C23H23N. The van der Waals surface area contributed by atoms with E-state index in [4.69, 9.17) is 0 Å². The van der Waals surface area contributed by atoms with Crippen molar-refractivity contribution in [2.45, 2.75) is 24.9 Å². The molecule has 0 aromatic heterocycles. The van der Waals surface area contributed by atoms with Crippen molar-refractivity contribution < 1.29 is 0 Å². The monoisotopic (exact) mass is 313 g/mol. The van der Waals surface area contributed by atoms with Gasteiger partial charge in [-0.05, 0) is 29.5 Å². The van der Waals surface area contributed by atoms with Crippen molar-refractivity contribution in [3.8, 4) is 0 Å². The number of hydrogen-bond donors (Lipinski definition) is 0. The van der Waals surface area contributed by atoms with Crippen LogP contribution in [0.5, 0.6) is 0 Å². The second-order valence-corrected chi connectivity index (χ2v) is 6.59. The van der Waals surface area contributed by atoms with Crippen LogP contribution in [0.4, 0.5) is 0 Å². The average Bonchev–Trinajstić information content (AvgIpc) is 2.65. The molecule has 1 aliphatic heterocycles. The van der Waals surface area contributed by atoms with Crippen LogP contribution in [0.2, 0.25) is 0 Å². The SMILES string of the molecule is c1ccc(CC2CCN2C(c2ccccc2)c2ccccc2)cc1. The third-order valence-corrected chi connectivity index (χ3v) is 5.07. The zero-order chi connectivity index (χ0) is 16.2. The van der Waals surface area contributed by atoms with Gasteiger partial charge in [-0.1, -0.05) is 91.0 Å². The summed E-state index contributed by atoms with van der Waals surface area (Å²) in [5, 5.41) is 0. The predicted molar refractivity (Wildman–Crippen MR) is 100.0 cm³/mol. The van der Waals surface area contributed by atoms with Crippen molar-refractivity contribution in [1.82, 2.24) is 4.90 Å². The Hall–Kier alpha value is -2.38. The molecule has 4 rings (SSSR count). The molecule has 0 aliphatic carbocycles. The van der Waals surface area contributed by atoms with Gasteiger partial charge in [0, 0.05) is 12.6 Å². The van der Waals surface area contributed by atoms with Gasteiger partial charge in [0.2, 0.25) is 0 Å². The highest BCUT2D eigenvalue weighted by molar-refractivity contribution is 5.33. The molecular weight excluding hydrogens is 290 g/mol. The van der Waals surface area contributed by atoms with E-state index in [1.807, 2.05) is 0 Å². The summed E-state index contributed by atoms with van der Waals surface area (Å²) < 4.78 is 0. The second kappa shape index (κ2) is 7.02. The van der Waals surface area contributed by atoms with Crippen LogP contribution in [-0.2, 0) is 6.42 Å². The molecule has 0 spiro atoms. The Kier molecular flexibility index (Phi) is 4.44. The molecule has 1 nitrogen and oxygen atoms in total. The molecule has 0 bridgehead atoms. The Morgan fingerprint density at radius 1 is 0.708 bits per heavy atom. The fourth-order valence-corrected chi connectivity index (χ4v) is 3.75. The first-order valence-electron chi connectivity index (χ1n) is 8.81. The highest BCUT2D eigenvalue weighted by atomic mass is 15.2. The summed E-state index contributed by atoms with van der Waals surface area (Å²) in [4.78, 5) is 2.66.